The molecule has 1 N–H and O–H groups in total. The number of carbonyl (C=O) groups excluding carboxylic acids is 1. The molecular weight excluding hydrogens is 424 g/mol. The van der Waals surface area contributed by atoms with Crippen LogP contribution < -0.4 is 14.4 Å². The summed E-state index contributed by atoms with van der Waals surface area (Å²) in [5.74, 6) is 0.244. The average molecular weight is 445 g/mol. The first-order valence-corrected chi connectivity index (χ1v) is 11.0. The molecule has 0 radical (unpaired) electrons. The van der Waals surface area contributed by atoms with Crippen LogP contribution in [0.2, 0.25) is 5.02 Å². The van der Waals surface area contributed by atoms with E-state index in [1.54, 1.807) is 54.6 Å². The predicted molar refractivity (Wildman–Crippen MR) is 119 cm³/mol. The standard InChI is InChI=1S/C22H21ClN2O4S/c1-3-29-19-12-10-17(11-13-19)24-22(26)16-9-14-20(23)21(15-16)30(27,28)25(2)18-7-5-4-6-8-18/h4-15H,3H2,1-2H3,(H,24,26). The molecule has 8 heteroatoms. The molecule has 0 atom stereocenters. The Morgan fingerprint density at radius 2 is 1.70 bits per heavy atom. The van der Waals surface area contributed by atoms with E-state index in [1.165, 1.54) is 25.2 Å². The molecule has 3 aromatic rings. The summed E-state index contributed by atoms with van der Waals surface area (Å²) in [4.78, 5) is 12.5. The van der Waals surface area contributed by atoms with Crippen molar-refractivity contribution in [2.45, 2.75) is 11.8 Å². The van der Waals surface area contributed by atoms with E-state index < -0.39 is 15.9 Å². The molecule has 3 rings (SSSR count). The zero-order valence-corrected chi connectivity index (χ0v) is 18.1. The highest BCUT2D eigenvalue weighted by molar-refractivity contribution is 7.93. The number of rotatable bonds is 7. The fourth-order valence-corrected chi connectivity index (χ4v) is 4.47. The number of hydrogen-bond donors (Lipinski definition) is 1. The highest BCUT2D eigenvalue weighted by Crippen LogP contribution is 2.28. The maximum atomic E-state index is 13.1. The van der Waals surface area contributed by atoms with Crippen molar-refractivity contribution in [2.75, 3.05) is 23.3 Å². The second-order valence-corrected chi connectivity index (χ2v) is 8.71. The summed E-state index contributed by atoms with van der Waals surface area (Å²) in [7, 11) is -2.52. The molecule has 0 spiro atoms. The van der Waals surface area contributed by atoms with E-state index in [1.807, 2.05) is 6.92 Å². The molecule has 6 nitrogen and oxygen atoms in total. The molecule has 156 valence electrons. The first-order chi connectivity index (χ1) is 14.3. The van der Waals surface area contributed by atoms with Gasteiger partial charge in [-0.1, -0.05) is 29.8 Å². The van der Waals surface area contributed by atoms with Crippen LogP contribution in [0.5, 0.6) is 5.75 Å². The lowest BCUT2D eigenvalue weighted by molar-refractivity contribution is 0.102. The second kappa shape index (κ2) is 9.19. The third-order valence-electron chi connectivity index (χ3n) is 4.37. The van der Waals surface area contributed by atoms with Crippen molar-refractivity contribution in [1.82, 2.24) is 0 Å². The smallest absolute Gasteiger partial charge is 0.265 e. The van der Waals surface area contributed by atoms with Crippen LogP contribution in [0.4, 0.5) is 11.4 Å². The van der Waals surface area contributed by atoms with Crippen LogP contribution in [0, 0.1) is 0 Å². The van der Waals surface area contributed by atoms with Crippen molar-refractivity contribution >= 4 is 38.9 Å². The molecule has 0 fully saturated rings. The summed E-state index contributed by atoms with van der Waals surface area (Å²) in [5, 5.41) is 2.78. The predicted octanol–water partition coefficient (Wildman–Crippen LogP) is 4.82. The SMILES string of the molecule is CCOc1ccc(NC(=O)c2ccc(Cl)c(S(=O)(=O)N(C)c3ccccc3)c2)cc1. The van der Waals surface area contributed by atoms with Gasteiger partial charge in [0.1, 0.15) is 10.6 Å². The van der Waals surface area contributed by atoms with Gasteiger partial charge in [0.15, 0.2) is 0 Å². The highest BCUT2D eigenvalue weighted by atomic mass is 35.5. The van der Waals surface area contributed by atoms with E-state index in [0.717, 1.165) is 4.31 Å². The zero-order valence-electron chi connectivity index (χ0n) is 16.5. The Balaban J connectivity index is 1.86. The van der Waals surface area contributed by atoms with Crippen LogP contribution in [-0.4, -0.2) is 28.0 Å². The van der Waals surface area contributed by atoms with Crippen molar-refractivity contribution in [1.29, 1.82) is 0 Å². The number of para-hydroxylation sites is 1. The Morgan fingerprint density at radius 3 is 2.33 bits per heavy atom. The molecule has 1 amide bonds. The van der Waals surface area contributed by atoms with E-state index in [4.69, 9.17) is 16.3 Å². The molecule has 0 aliphatic heterocycles. The van der Waals surface area contributed by atoms with Gasteiger partial charge in [-0.3, -0.25) is 9.10 Å². The minimum absolute atomic E-state index is 0.0374. The van der Waals surface area contributed by atoms with Gasteiger partial charge in [0.25, 0.3) is 15.9 Å². The minimum Gasteiger partial charge on any atom is -0.494 e. The highest BCUT2D eigenvalue weighted by Gasteiger charge is 2.25. The number of benzene rings is 3. The van der Waals surface area contributed by atoms with Crippen LogP contribution in [0.15, 0.2) is 77.7 Å². The number of halogens is 1. The molecule has 0 aliphatic rings. The summed E-state index contributed by atoms with van der Waals surface area (Å²) >= 11 is 6.17. The molecule has 0 aromatic heterocycles. The Bertz CT molecular complexity index is 1130. The second-order valence-electron chi connectivity index (χ2n) is 6.36. The number of amides is 1. The van der Waals surface area contributed by atoms with Crippen LogP contribution in [-0.2, 0) is 10.0 Å². The first kappa shape index (κ1) is 21.7. The lowest BCUT2D eigenvalue weighted by Gasteiger charge is -2.20. The number of anilines is 2. The summed E-state index contributed by atoms with van der Waals surface area (Å²) in [6.07, 6.45) is 0. The van der Waals surface area contributed by atoms with E-state index in [-0.39, 0.29) is 15.5 Å². The van der Waals surface area contributed by atoms with Crippen LogP contribution in [0.25, 0.3) is 0 Å². The molecule has 0 bridgehead atoms. The summed E-state index contributed by atoms with van der Waals surface area (Å²) in [5.41, 5.74) is 1.22. The summed E-state index contributed by atoms with van der Waals surface area (Å²) < 4.78 is 32.7. The van der Waals surface area contributed by atoms with E-state index in [9.17, 15) is 13.2 Å². The topological polar surface area (TPSA) is 75.7 Å². The number of nitrogens with zero attached hydrogens (tertiary/aromatic N) is 1. The van der Waals surface area contributed by atoms with Crippen molar-refractivity contribution in [3.63, 3.8) is 0 Å². The fraction of sp³-hybridized carbons (Fsp3) is 0.136. The van der Waals surface area contributed by atoms with Gasteiger partial charge in [-0.2, -0.15) is 0 Å². The van der Waals surface area contributed by atoms with Crippen molar-refractivity contribution in [3.8, 4) is 5.75 Å². The van der Waals surface area contributed by atoms with E-state index >= 15 is 0 Å². The average Bonchev–Trinajstić information content (AvgIpc) is 2.75. The normalized spacial score (nSPS) is 11.0. The summed E-state index contributed by atoms with van der Waals surface area (Å²) in [6, 6.07) is 19.7. The van der Waals surface area contributed by atoms with Gasteiger partial charge in [0, 0.05) is 18.3 Å². The summed E-state index contributed by atoms with van der Waals surface area (Å²) in [6.45, 7) is 2.43. The van der Waals surface area contributed by atoms with E-state index in [0.29, 0.717) is 23.7 Å². The maximum absolute atomic E-state index is 13.1. The van der Waals surface area contributed by atoms with Crippen molar-refractivity contribution in [3.05, 3.63) is 83.4 Å². The lowest BCUT2D eigenvalue weighted by Crippen LogP contribution is -2.27. The zero-order chi connectivity index (χ0) is 21.7. The molecule has 0 unspecified atom stereocenters. The van der Waals surface area contributed by atoms with Crippen molar-refractivity contribution in [2.24, 2.45) is 0 Å². The van der Waals surface area contributed by atoms with E-state index in [2.05, 4.69) is 5.32 Å². The largest absolute Gasteiger partial charge is 0.494 e. The van der Waals surface area contributed by atoms with Gasteiger partial charge in [-0.15, -0.1) is 0 Å². The molecule has 3 aromatic carbocycles. The van der Waals surface area contributed by atoms with Gasteiger partial charge >= 0.3 is 0 Å². The quantitative estimate of drug-likeness (QED) is 0.567. The third-order valence-corrected chi connectivity index (χ3v) is 6.64. The molecule has 0 aliphatic carbocycles. The van der Waals surface area contributed by atoms with Gasteiger partial charge in [0.05, 0.1) is 17.3 Å². The maximum Gasteiger partial charge on any atom is 0.265 e. The van der Waals surface area contributed by atoms with Gasteiger partial charge < -0.3 is 10.1 Å². The van der Waals surface area contributed by atoms with Crippen LogP contribution in [0.1, 0.15) is 17.3 Å². The number of ether oxygens (including phenoxy) is 1. The molecule has 30 heavy (non-hydrogen) atoms. The Morgan fingerprint density at radius 1 is 1.03 bits per heavy atom. The van der Waals surface area contributed by atoms with Gasteiger partial charge in [-0.25, -0.2) is 8.42 Å². The minimum atomic E-state index is -3.96. The van der Waals surface area contributed by atoms with Gasteiger partial charge in [-0.05, 0) is 61.5 Å². The molecule has 0 saturated heterocycles. The lowest BCUT2D eigenvalue weighted by atomic mass is 10.2. The van der Waals surface area contributed by atoms with Gasteiger partial charge in [0.2, 0.25) is 0 Å². The van der Waals surface area contributed by atoms with Crippen molar-refractivity contribution < 1.29 is 17.9 Å². The van der Waals surface area contributed by atoms with Crippen LogP contribution in [0.3, 0.4) is 0 Å². The fourth-order valence-electron chi connectivity index (χ4n) is 2.77. The number of sulfonamides is 1. The number of hydrogen-bond acceptors (Lipinski definition) is 4. The Labute approximate surface area is 181 Å². The first-order valence-electron chi connectivity index (χ1n) is 9.20. The molecular formula is C22H21ClN2O4S. The molecule has 0 saturated carbocycles. The monoisotopic (exact) mass is 444 g/mol. The van der Waals surface area contributed by atoms with Crippen LogP contribution >= 0.6 is 11.6 Å². The third kappa shape index (κ3) is 4.75. The number of nitrogens with one attached hydrogen (secondary N) is 1. The molecule has 0 heterocycles. The number of carbonyl (C=O) groups is 1. The Kier molecular flexibility index (Phi) is 6.64. The Hall–Kier alpha value is -3.03.